The van der Waals surface area contributed by atoms with Gasteiger partial charge in [-0.3, -0.25) is 0 Å². The summed E-state index contributed by atoms with van der Waals surface area (Å²) in [6, 6.07) is 7.39. The topological polar surface area (TPSA) is 44.5 Å². The molecule has 0 aromatic heterocycles. The van der Waals surface area contributed by atoms with E-state index >= 15 is 0 Å². The van der Waals surface area contributed by atoms with Crippen molar-refractivity contribution in [1.29, 1.82) is 0 Å². The summed E-state index contributed by atoms with van der Waals surface area (Å²) in [6.45, 7) is 0.727. The van der Waals surface area contributed by atoms with E-state index in [4.69, 9.17) is 15.2 Å². The smallest absolute Gasteiger partial charge is 0.391 e. The van der Waals surface area contributed by atoms with Crippen molar-refractivity contribution in [1.82, 2.24) is 0 Å². The molecule has 1 rings (SSSR count). The minimum Gasteiger partial charge on any atom is -0.493 e. The average molecular weight is 277 g/mol. The van der Waals surface area contributed by atoms with Crippen molar-refractivity contribution in [2.75, 3.05) is 19.8 Å². The lowest BCUT2D eigenvalue weighted by molar-refractivity contribution is -0.145. The van der Waals surface area contributed by atoms with Gasteiger partial charge in [0.25, 0.3) is 0 Å². The van der Waals surface area contributed by atoms with Gasteiger partial charge in [0.1, 0.15) is 5.75 Å². The second-order valence-electron chi connectivity index (χ2n) is 3.99. The fourth-order valence-electron chi connectivity index (χ4n) is 1.45. The Labute approximate surface area is 110 Å². The summed E-state index contributed by atoms with van der Waals surface area (Å²) in [7, 11) is 0. The van der Waals surface area contributed by atoms with Crippen LogP contribution in [0.3, 0.4) is 0 Å². The number of nitrogens with two attached hydrogens (primary N) is 1. The number of para-hydroxylation sites is 1. The van der Waals surface area contributed by atoms with Gasteiger partial charge in [-0.2, -0.15) is 13.2 Å². The fourth-order valence-corrected chi connectivity index (χ4v) is 1.45. The number of alkyl halides is 3. The molecule has 0 aliphatic rings. The molecule has 19 heavy (non-hydrogen) atoms. The molecule has 0 unspecified atom stereocenters. The first-order valence-corrected chi connectivity index (χ1v) is 6.08. The van der Waals surface area contributed by atoms with Crippen LogP contribution in [0, 0.1) is 0 Å². The van der Waals surface area contributed by atoms with Crippen LogP contribution in [0.15, 0.2) is 24.3 Å². The van der Waals surface area contributed by atoms with Crippen LogP contribution in [0.4, 0.5) is 13.2 Å². The first kappa shape index (κ1) is 15.8. The maximum atomic E-state index is 11.8. The molecule has 0 aliphatic carbocycles. The van der Waals surface area contributed by atoms with E-state index in [2.05, 4.69) is 0 Å². The van der Waals surface area contributed by atoms with E-state index in [9.17, 15) is 13.2 Å². The quantitative estimate of drug-likeness (QED) is 0.743. The molecule has 0 amide bonds. The maximum absolute atomic E-state index is 11.8. The maximum Gasteiger partial charge on any atom is 0.391 e. The zero-order valence-electron chi connectivity index (χ0n) is 10.6. The number of hydrogen-bond acceptors (Lipinski definition) is 3. The van der Waals surface area contributed by atoms with Gasteiger partial charge in [0.15, 0.2) is 0 Å². The van der Waals surface area contributed by atoms with E-state index in [1.807, 2.05) is 24.3 Å². The minimum atomic E-state index is -4.16. The van der Waals surface area contributed by atoms with Crippen LogP contribution in [-0.2, 0) is 11.3 Å². The Kier molecular flexibility index (Phi) is 6.66. The number of halogens is 3. The molecule has 0 radical (unpaired) electrons. The van der Waals surface area contributed by atoms with Crippen LogP contribution in [0.2, 0.25) is 0 Å². The van der Waals surface area contributed by atoms with Gasteiger partial charge in [-0.25, -0.2) is 0 Å². The molecule has 1 aromatic rings. The molecule has 0 saturated carbocycles. The van der Waals surface area contributed by atoms with Crippen molar-refractivity contribution < 1.29 is 22.6 Å². The molecule has 1 aromatic carbocycles. The zero-order valence-corrected chi connectivity index (χ0v) is 10.6. The van der Waals surface area contributed by atoms with Crippen molar-refractivity contribution in [3.63, 3.8) is 0 Å². The molecule has 0 aliphatic heterocycles. The summed E-state index contributed by atoms with van der Waals surface area (Å²) in [6.07, 6.45) is -4.53. The van der Waals surface area contributed by atoms with E-state index in [-0.39, 0.29) is 13.2 Å². The third-order valence-corrected chi connectivity index (χ3v) is 2.41. The molecule has 2 N–H and O–H groups in total. The van der Waals surface area contributed by atoms with Crippen LogP contribution < -0.4 is 10.5 Å². The van der Waals surface area contributed by atoms with E-state index in [0.29, 0.717) is 25.3 Å². The van der Waals surface area contributed by atoms with E-state index in [1.54, 1.807) is 0 Å². The molecule has 3 nitrogen and oxygen atoms in total. The monoisotopic (exact) mass is 277 g/mol. The van der Waals surface area contributed by atoms with Crippen molar-refractivity contribution in [3.05, 3.63) is 29.8 Å². The molecule has 6 heteroatoms. The highest BCUT2D eigenvalue weighted by atomic mass is 19.4. The summed E-state index contributed by atoms with van der Waals surface area (Å²) < 4.78 is 45.8. The van der Waals surface area contributed by atoms with Crippen LogP contribution in [-0.4, -0.2) is 26.0 Å². The van der Waals surface area contributed by atoms with Gasteiger partial charge in [-0.15, -0.1) is 0 Å². The number of rotatable bonds is 8. The largest absolute Gasteiger partial charge is 0.493 e. The van der Waals surface area contributed by atoms with Crippen molar-refractivity contribution in [2.45, 2.75) is 25.6 Å². The molecule has 0 fully saturated rings. The second-order valence-corrected chi connectivity index (χ2v) is 3.99. The Morgan fingerprint density at radius 1 is 1.05 bits per heavy atom. The third kappa shape index (κ3) is 7.03. The molecule has 108 valence electrons. The van der Waals surface area contributed by atoms with E-state index in [1.165, 1.54) is 0 Å². The lowest BCUT2D eigenvalue weighted by Crippen LogP contribution is -2.13. The molecule has 0 spiro atoms. The molecule has 0 heterocycles. The summed E-state index contributed by atoms with van der Waals surface area (Å²) in [4.78, 5) is 0. The first-order valence-electron chi connectivity index (χ1n) is 6.08. The lowest BCUT2D eigenvalue weighted by Gasteiger charge is -2.10. The van der Waals surface area contributed by atoms with Crippen LogP contribution >= 0.6 is 0 Å². The van der Waals surface area contributed by atoms with Crippen molar-refractivity contribution in [2.24, 2.45) is 5.73 Å². The predicted molar refractivity (Wildman–Crippen MR) is 65.9 cm³/mol. The summed E-state index contributed by atoms with van der Waals surface area (Å²) in [5.74, 6) is 0.709. The normalized spacial score (nSPS) is 11.6. The van der Waals surface area contributed by atoms with E-state index < -0.39 is 12.6 Å². The van der Waals surface area contributed by atoms with Crippen LogP contribution in [0.1, 0.15) is 18.4 Å². The number of ether oxygens (including phenoxy) is 2. The van der Waals surface area contributed by atoms with Gasteiger partial charge in [-0.05, 0) is 6.07 Å². The molecule has 0 atom stereocenters. The summed E-state index contributed by atoms with van der Waals surface area (Å²) in [5, 5.41) is 0. The van der Waals surface area contributed by atoms with Gasteiger partial charge in [-0.1, -0.05) is 18.2 Å². The Bertz CT molecular complexity index is 369. The second kappa shape index (κ2) is 8.01. The molecular formula is C13H18F3NO2. The molecule has 0 bridgehead atoms. The highest BCUT2D eigenvalue weighted by Crippen LogP contribution is 2.19. The Hall–Kier alpha value is -1.27. The Balaban J connectivity index is 2.11. The minimum absolute atomic E-state index is 0.251. The highest BCUT2D eigenvalue weighted by molar-refractivity contribution is 5.32. The van der Waals surface area contributed by atoms with Gasteiger partial charge in [0, 0.05) is 25.1 Å². The number of benzene rings is 1. The molecular weight excluding hydrogens is 259 g/mol. The summed E-state index contributed by atoms with van der Waals surface area (Å²) >= 11 is 0. The Morgan fingerprint density at radius 3 is 2.47 bits per heavy atom. The van der Waals surface area contributed by atoms with E-state index in [0.717, 1.165) is 5.56 Å². The fraction of sp³-hybridized carbons (Fsp3) is 0.538. The van der Waals surface area contributed by atoms with Gasteiger partial charge >= 0.3 is 6.18 Å². The standard InChI is InChI=1S/C13H18F3NO2/c14-13(15,16)6-9-18-7-3-8-19-12-5-2-1-4-11(12)10-17/h1-2,4-5H,3,6-10,17H2. The highest BCUT2D eigenvalue weighted by Gasteiger charge is 2.26. The van der Waals surface area contributed by atoms with Crippen LogP contribution in [0.5, 0.6) is 5.75 Å². The van der Waals surface area contributed by atoms with Gasteiger partial charge in [0.05, 0.1) is 19.6 Å². The predicted octanol–water partition coefficient (Wildman–Crippen LogP) is 2.88. The first-order chi connectivity index (χ1) is 9.03. The van der Waals surface area contributed by atoms with Gasteiger partial charge in [0.2, 0.25) is 0 Å². The van der Waals surface area contributed by atoms with Gasteiger partial charge < -0.3 is 15.2 Å². The SMILES string of the molecule is NCc1ccccc1OCCCOCCC(F)(F)F. The number of hydrogen-bond donors (Lipinski definition) is 1. The van der Waals surface area contributed by atoms with Crippen molar-refractivity contribution >= 4 is 0 Å². The lowest BCUT2D eigenvalue weighted by atomic mass is 10.2. The zero-order chi connectivity index (χ0) is 14.1. The molecule has 0 saturated heterocycles. The summed E-state index contributed by atoms with van der Waals surface area (Å²) in [5.41, 5.74) is 6.45. The van der Waals surface area contributed by atoms with Crippen molar-refractivity contribution in [3.8, 4) is 5.75 Å². The van der Waals surface area contributed by atoms with Crippen LogP contribution in [0.25, 0.3) is 0 Å². The average Bonchev–Trinajstić information content (AvgIpc) is 2.37. The third-order valence-electron chi connectivity index (χ3n) is 2.41. The Morgan fingerprint density at radius 2 is 1.79 bits per heavy atom.